The van der Waals surface area contributed by atoms with Crippen LogP contribution >= 0.6 is 0 Å². The summed E-state index contributed by atoms with van der Waals surface area (Å²) in [7, 11) is 0. The van der Waals surface area contributed by atoms with E-state index in [0.717, 1.165) is 11.5 Å². The van der Waals surface area contributed by atoms with E-state index >= 15 is 0 Å². The van der Waals surface area contributed by atoms with E-state index in [9.17, 15) is 0 Å². The van der Waals surface area contributed by atoms with Gasteiger partial charge in [-0.1, -0.05) is 0 Å². The summed E-state index contributed by atoms with van der Waals surface area (Å²) in [5.74, 6) is 1.23. The molecule has 2 aromatic rings. The zero-order valence-corrected chi connectivity index (χ0v) is 8.73. The first kappa shape index (κ1) is 10.1. The molecule has 2 heterocycles. The summed E-state index contributed by atoms with van der Waals surface area (Å²) in [6.45, 7) is 2.32. The van der Waals surface area contributed by atoms with Gasteiger partial charge in [0.15, 0.2) is 0 Å². The van der Waals surface area contributed by atoms with Gasteiger partial charge in [0.1, 0.15) is 17.6 Å². The molecule has 16 heavy (non-hydrogen) atoms. The maximum absolute atomic E-state index is 8.75. The summed E-state index contributed by atoms with van der Waals surface area (Å²) in [5, 5.41) is 11.7. The molecule has 0 unspecified atom stereocenters. The van der Waals surface area contributed by atoms with Crippen LogP contribution in [0.5, 0.6) is 0 Å². The number of aromatic amines is 1. The van der Waals surface area contributed by atoms with E-state index in [0.29, 0.717) is 18.2 Å². The van der Waals surface area contributed by atoms with E-state index < -0.39 is 0 Å². The Morgan fingerprint density at radius 3 is 3.06 bits per heavy atom. The van der Waals surface area contributed by atoms with Crippen molar-refractivity contribution in [2.75, 3.05) is 5.32 Å². The van der Waals surface area contributed by atoms with Gasteiger partial charge in [0.2, 0.25) is 5.95 Å². The summed E-state index contributed by atoms with van der Waals surface area (Å²) in [5.41, 5.74) is 1.11. The first-order valence-electron chi connectivity index (χ1n) is 4.76. The standard InChI is InChI=1S/C10H10N6/c1-7-4-8(5-11)16-10(15-7)14-6-9-12-2-3-13-9/h2-4H,6H2,1H3,(H,12,13)(H,14,15,16). The molecule has 0 aromatic carbocycles. The lowest BCUT2D eigenvalue weighted by Gasteiger charge is -2.03. The first-order valence-corrected chi connectivity index (χ1v) is 4.76. The average Bonchev–Trinajstić information content (AvgIpc) is 2.78. The summed E-state index contributed by atoms with van der Waals surface area (Å²) in [6.07, 6.45) is 3.42. The number of anilines is 1. The van der Waals surface area contributed by atoms with E-state index in [2.05, 4.69) is 25.3 Å². The van der Waals surface area contributed by atoms with E-state index in [1.54, 1.807) is 18.5 Å². The number of nitriles is 1. The van der Waals surface area contributed by atoms with Crippen LogP contribution in [0.15, 0.2) is 18.5 Å². The molecule has 0 fully saturated rings. The lowest BCUT2D eigenvalue weighted by molar-refractivity contribution is 0.956. The SMILES string of the molecule is Cc1cc(C#N)nc(NCc2ncc[nH]2)n1. The van der Waals surface area contributed by atoms with Crippen molar-refractivity contribution >= 4 is 5.95 Å². The smallest absolute Gasteiger partial charge is 0.224 e. The number of rotatable bonds is 3. The van der Waals surface area contributed by atoms with Gasteiger partial charge in [-0.15, -0.1) is 0 Å². The minimum absolute atomic E-state index is 0.356. The van der Waals surface area contributed by atoms with Gasteiger partial charge in [0.25, 0.3) is 0 Å². The highest BCUT2D eigenvalue weighted by atomic mass is 15.1. The summed E-state index contributed by atoms with van der Waals surface area (Å²) >= 11 is 0. The topological polar surface area (TPSA) is 90.3 Å². The number of aromatic nitrogens is 4. The summed E-state index contributed by atoms with van der Waals surface area (Å²) in [6, 6.07) is 3.62. The lowest BCUT2D eigenvalue weighted by atomic mass is 10.3. The largest absolute Gasteiger partial charge is 0.347 e. The fourth-order valence-electron chi connectivity index (χ4n) is 1.26. The van der Waals surface area contributed by atoms with Crippen molar-refractivity contribution in [2.45, 2.75) is 13.5 Å². The van der Waals surface area contributed by atoms with Crippen molar-refractivity contribution in [2.24, 2.45) is 0 Å². The van der Waals surface area contributed by atoms with E-state index in [1.807, 2.05) is 13.0 Å². The summed E-state index contributed by atoms with van der Waals surface area (Å²) < 4.78 is 0. The second-order valence-corrected chi connectivity index (χ2v) is 3.22. The van der Waals surface area contributed by atoms with Crippen LogP contribution in [0.4, 0.5) is 5.95 Å². The Labute approximate surface area is 92.4 Å². The third kappa shape index (κ3) is 2.33. The Balaban J connectivity index is 2.10. The highest BCUT2D eigenvalue weighted by Crippen LogP contribution is 2.04. The summed E-state index contributed by atoms with van der Waals surface area (Å²) in [4.78, 5) is 15.2. The zero-order chi connectivity index (χ0) is 11.4. The molecule has 0 spiro atoms. The van der Waals surface area contributed by atoms with Crippen LogP contribution in [0.25, 0.3) is 0 Å². The minimum Gasteiger partial charge on any atom is -0.347 e. The van der Waals surface area contributed by atoms with Crippen LogP contribution in [-0.2, 0) is 6.54 Å². The Morgan fingerprint density at radius 1 is 1.50 bits per heavy atom. The van der Waals surface area contributed by atoms with Crippen LogP contribution in [0, 0.1) is 18.3 Å². The number of imidazole rings is 1. The molecule has 2 rings (SSSR count). The van der Waals surface area contributed by atoms with E-state index in [-0.39, 0.29) is 0 Å². The Morgan fingerprint density at radius 2 is 2.38 bits per heavy atom. The predicted molar refractivity (Wildman–Crippen MR) is 57.4 cm³/mol. The van der Waals surface area contributed by atoms with Crippen LogP contribution in [0.1, 0.15) is 17.2 Å². The number of hydrogen-bond donors (Lipinski definition) is 2. The van der Waals surface area contributed by atoms with Gasteiger partial charge in [-0.25, -0.2) is 15.0 Å². The van der Waals surface area contributed by atoms with Crippen molar-refractivity contribution in [1.29, 1.82) is 5.26 Å². The normalized spacial score (nSPS) is 9.75. The fraction of sp³-hybridized carbons (Fsp3) is 0.200. The maximum Gasteiger partial charge on any atom is 0.224 e. The molecule has 6 nitrogen and oxygen atoms in total. The lowest BCUT2D eigenvalue weighted by Crippen LogP contribution is -2.06. The number of nitrogens with one attached hydrogen (secondary N) is 2. The molecule has 6 heteroatoms. The van der Waals surface area contributed by atoms with Crippen molar-refractivity contribution in [1.82, 2.24) is 19.9 Å². The maximum atomic E-state index is 8.75. The minimum atomic E-state index is 0.356. The molecule has 0 radical (unpaired) electrons. The third-order valence-corrected chi connectivity index (χ3v) is 1.94. The molecule has 0 saturated heterocycles. The second kappa shape index (κ2) is 4.40. The molecular formula is C10H10N6. The molecule has 2 N–H and O–H groups in total. The van der Waals surface area contributed by atoms with Crippen molar-refractivity contribution in [3.8, 4) is 6.07 Å². The molecule has 0 aliphatic carbocycles. The molecule has 0 amide bonds. The van der Waals surface area contributed by atoms with Gasteiger partial charge in [-0.3, -0.25) is 0 Å². The van der Waals surface area contributed by atoms with Gasteiger partial charge in [0, 0.05) is 18.1 Å². The molecule has 0 aliphatic heterocycles. The van der Waals surface area contributed by atoms with Crippen molar-refractivity contribution in [3.63, 3.8) is 0 Å². The number of hydrogen-bond acceptors (Lipinski definition) is 5. The van der Waals surface area contributed by atoms with E-state index in [4.69, 9.17) is 5.26 Å². The van der Waals surface area contributed by atoms with Gasteiger partial charge in [-0.05, 0) is 13.0 Å². The second-order valence-electron chi connectivity index (χ2n) is 3.22. The van der Waals surface area contributed by atoms with Crippen molar-refractivity contribution in [3.05, 3.63) is 35.7 Å². The fourth-order valence-corrected chi connectivity index (χ4v) is 1.26. The molecule has 0 atom stereocenters. The number of H-pyrrole nitrogens is 1. The highest BCUT2D eigenvalue weighted by Gasteiger charge is 2.01. The van der Waals surface area contributed by atoms with Gasteiger partial charge in [0.05, 0.1) is 6.54 Å². The average molecular weight is 214 g/mol. The van der Waals surface area contributed by atoms with Crippen LogP contribution in [0.2, 0.25) is 0 Å². The number of nitrogens with zero attached hydrogens (tertiary/aromatic N) is 4. The zero-order valence-electron chi connectivity index (χ0n) is 8.73. The Bertz CT molecular complexity index is 511. The van der Waals surface area contributed by atoms with E-state index in [1.165, 1.54) is 0 Å². The molecule has 2 aromatic heterocycles. The molecule has 0 aliphatic rings. The van der Waals surface area contributed by atoms with Gasteiger partial charge in [-0.2, -0.15) is 5.26 Å². The van der Waals surface area contributed by atoms with Crippen LogP contribution in [0.3, 0.4) is 0 Å². The quantitative estimate of drug-likeness (QED) is 0.795. The van der Waals surface area contributed by atoms with Gasteiger partial charge < -0.3 is 10.3 Å². The third-order valence-electron chi connectivity index (χ3n) is 1.94. The highest BCUT2D eigenvalue weighted by molar-refractivity contribution is 5.33. The number of aryl methyl sites for hydroxylation is 1. The molecule has 0 bridgehead atoms. The first-order chi connectivity index (χ1) is 7.78. The Hall–Kier alpha value is -2.42. The Kier molecular flexibility index (Phi) is 2.78. The van der Waals surface area contributed by atoms with Crippen LogP contribution < -0.4 is 5.32 Å². The van der Waals surface area contributed by atoms with Gasteiger partial charge >= 0.3 is 0 Å². The molecule has 0 saturated carbocycles. The predicted octanol–water partition coefficient (Wildman–Crippen LogP) is 0.992. The molecule has 80 valence electrons. The monoisotopic (exact) mass is 214 g/mol. The van der Waals surface area contributed by atoms with Crippen LogP contribution in [-0.4, -0.2) is 19.9 Å². The molecular weight excluding hydrogens is 204 g/mol. The van der Waals surface area contributed by atoms with Crippen molar-refractivity contribution < 1.29 is 0 Å².